The Hall–Kier alpha value is -3.27. The molecular formula is C27H27ClN2O6S. The number of alkyl carbamates (subject to hydrolysis) is 1. The fraction of sp³-hybridized carbons (Fsp3) is 0.296. The van der Waals surface area contributed by atoms with Crippen molar-refractivity contribution in [2.24, 2.45) is 0 Å². The van der Waals surface area contributed by atoms with E-state index in [0.717, 1.165) is 16.0 Å². The Labute approximate surface area is 223 Å². The van der Waals surface area contributed by atoms with Crippen LogP contribution in [0, 0.1) is 0 Å². The number of ether oxygens (including phenoxy) is 2. The number of rotatable bonds is 6. The average Bonchev–Trinajstić information content (AvgIpc) is 2.85. The van der Waals surface area contributed by atoms with Crippen LogP contribution in [0.15, 0.2) is 83.5 Å². The summed E-state index contributed by atoms with van der Waals surface area (Å²) in [4.78, 5) is 40.2. The molecule has 2 unspecified atom stereocenters. The van der Waals surface area contributed by atoms with Crippen LogP contribution in [0.4, 0.5) is 4.79 Å². The van der Waals surface area contributed by atoms with E-state index in [0.29, 0.717) is 5.57 Å². The molecule has 2 aliphatic heterocycles. The number of β-lactam (4-membered cyclic amide) rings is 1. The SMILES string of the molecule is CC(C)(C)OC(=O)NC1C(=O)N2C(C(=O)OC(c3ccccc3)c3ccccc3)=C(/C=C/Cl)C[S+]([O-])[C@@H]12. The van der Waals surface area contributed by atoms with E-state index in [1.165, 1.54) is 11.6 Å². The molecule has 8 nitrogen and oxygen atoms in total. The maximum absolute atomic E-state index is 13.6. The fourth-order valence-corrected chi connectivity index (χ4v) is 5.97. The van der Waals surface area contributed by atoms with Gasteiger partial charge in [-0.25, -0.2) is 9.59 Å². The van der Waals surface area contributed by atoms with Gasteiger partial charge in [0, 0.05) is 11.1 Å². The lowest BCUT2D eigenvalue weighted by atomic mass is 10.0. The van der Waals surface area contributed by atoms with E-state index < -0.39 is 52.3 Å². The van der Waals surface area contributed by atoms with Crippen molar-refractivity contribution in [3.8, 4) is 0 Å². The summed E-state index contributed by atoms with van der Waals surface area (Å²) < 4.78 is 24.3. The Morgan fingerprint density at radius 3 is 2.19 bits per heavy atom. The van der Waals surface area contributed by atoms with Crippen molar-refractivity contribution in [2.45, 2.75) is 43.9 Å². The molecule has 1 saturated heterocycles. The molecule has 0 aliphatic carbocycles. The van der Waals surface area contributed by atoms with Crippen LogP contribution in [-0.4, -0.2) is 50.2 Å². The number of nitrogens with one attached hydrogen (secondary N) is 1. The second kappa shape index (κ2) is 11.0. The number of esters is 1. The molecule has 10 heteroatoms. The van der Waals surface area contributed by atoms with Crippen molar-refractivity contribution >= 4 is 40.7 Å². The number of hydrogen-bond acceptors (Lipinski definition) is 6. The Morgan fingerprint density at radius 2 is 1.68 bits per heavy atom. The lowest BCUT2D eigenvalue weighted by molar-refractivity contribution is -0.154. The Morgan fingerprint density at radius 1 is 1.11 bits per heavy atom. The Kier molecular flexibility index (Phi) is 7.96. The van der Waals surface area contributed by atoms with Crippen molar-refractivity contribution in [1.82, 2.24) is 10.2 Å². The summed E-state index contributed by atoms with van der Waals surface area (Å²) in [5, 5.41) is 1.54. The zero-order chi connectivity index (χ0) is 26.7. The van der Waals surface area contributed by atoms with Crippen LogP contribution in [0.2, 0.25) is 0 Å². The summed E-state index contributed by atoms with van der Waals surface area (Å²) in [6.07, 6.45) is -0.134. The standard InChI is InChI=1S/C27H27ClN2O6S/c1-27(2,3)36-26(33)29-20-23(31)30-21(19(14-15-28)16-37(34)24(20)30)25(32)35-22(17-10-6-4-7-11-17)18-12-8-5-9-13-18/h4-15,20,22,24H,16H2,1-3H3,(H,29,33)/b15-14+/t20?,24-,37?/m0/s1. The van der Waals surface area contributed by atoms with E-state index in [9.17, 15) is 18.9 Å². The minimum Gasteiger partial charge on any atom is -0.614 e. The van der Waals surface area contributed by atoms with Crippen LogP contribution in [0.5, 0.6) is 0 Å². The van der Waals surface area contributed by atoms with Crippen molar-refractivity contribution in [3.05, 3.63) is 94.7 Å². The summed E-state index contributed by atoms with van der Waals surface area (Å²) in [5.74, 6) is -1.41. The highest BCUT2D eigenvalue weighted by Crippen LogP contribution is 2.39. The highest BCUT2D eigenvalue weighted by Gasteiger charge is 2.61. The van der Waals surface area contributed by atoms with E-state index in [-0.39, 0.29) is 11.4 Å². The van der Waals surface area contributed by atoms with Crippen molar-refractivity contribution < 1.29 is 28.4 Å². The van der Waals surface area contributed by atoms with E-state index in [4.69, 9.17) is 21.1 Å². The minimum absolute atomic E-state index is 0.0457. The molecule has 0 aromatic heterocycles. The van der Waals surface area contributed by atoms with Gasteiger partial charge in [-0.15, -0.1) is 0 Å². The number of amides is 2. The zero-order valence-corrected chi connectivity index (χ0v) is 22.1. The maximum Gasteiger partial charge on any atom is 0.408 e. The maximum atomic E-state index is 13.6. The highest BCUT2D eigenvalue weighted by molar-refractivity contribution is 7.92. The van der Waals surface area contributed by atoms with Crippen LogP contribution in [-0.2, 0) is 30.2 Å². The summed E-state index contributed by atoms with van der Waals surface area (Å²) in [5.41, 5.74) is 2.15. The number of hydrogen-bond donors (Lipinski definition) is 1. The number of nitrogens with zero attached hydrogens (tertiary/aromatic N) is 1. The predicted molar refractivity (Wildman–Crippen MR) is 140 cm³/mol. The molecular weight excluding hydrogens is 516 g/mol. The lowest BCUT2D eigenvalue weighted by Crippen LogP contribution is -2.74. The number of halogens is 1. The summed E-state index contributed by atoms with van der Waals surface area (Å²) in [6.45, 7) is 5.08. The first kappa shape index (κ1) is 26.8. The summed E-state index contributed by atoms with van der Waals surface area (Å²) >= 11 is 4.19. The minimum atomic E-state index is -1.61. The molecule has 4 rings (SSSR count). The van der Waals surface area contributed by atoms with E-state index >= 15 is 0 Å². The van der Waals surface area contributed by atoms with Gasteiger partial charge in [-0.3, -0.25) is 9.69 Å². The van der Waals surface area contributed by atoms with Gasteiger partial charge in [0.2, 0.25) is 5.37 Å². The summed E-state index contributed by atoms with van der Waals surface area (Å²) in [7, 11) is 0. The number of benzene rings is 2. The van der Waals surface area contributed by atoms with Gasteiger partial charge < -0.3 is 19.3 Å². The van der Waals surface area contributed by atoms with Gasteiger partial charge in [0.25, 0.3) is 5.91 Å². The number of fused-ring (bicyclic) bond motifs is 1. The number of carbonyl (C=O) groups is 3. The smallest absolute Gasteiger partial charge is 0.408 e. The first-order chi connectivity index (χ1) is 17.6. The van der Waals surface area contributed by atoms with Crippen molar-refractivity contribution in [3.63, 3.8) is 0 Å². The second-order valence-electron chi connectivity index (χ2n) is 9.52. The summed E-state index contributed by atoms with van der Waals surface area (Å²) in [6, 6.07) is 17.3. The van der Waals surface area contributed by atoms with Crippen LogP contribution in [0.25, 0.3) is 0 Å². The molecule has 0 spiro atoms. The molecule has 1 N–H and O–H groups in total. The largest absolute Gasteiger partial charge is 0.614 e. The third-order valence-corrected chi connectivity index (χ3v) is 7.46. The zero-order valence-electron chi connectivity index (χ0n) is 20.6. The molecule has 0 radical (unpaired) electrons. The molecule has 2 aromatic rings. The monoisotopic (exact) mass is 542 g/mol. The average molecular weight is 543 g/mol. The van der Waals surface area contributed by atoms with Gasteiger partial charge >= 0.3 is 12.1 Å². The Balaban J connectivity index is 1.64. The van der Waals surface area contributed by atoms with Gasteiger partial charge in [-0.05, 0) is 49.1 Å². The van der Waals surface area contributed by atoms with E-state index in [2.05, 4.69) is 5.32 Å². The molecule has 2 aromatic carbocycles. The third-order valence-electron chi connectivity index (χ3n) is 5.71. The van der Waals surface area contributed by atoms with Gasteiger partial charge in [0.15, 0.2) is 12.1 Å². The van der Waals surface area contributed by atoms with Crippen molar-refractivity contribution in [2.75, 3.05) is 5.75 Å². The highest BCUT2D eigenvalue weighted by atomic mass is 35.5. The van der Waals surface area contributed by atoms with Gasteiger partial charge in [0.05, 0.1) is 0 Å². The molecule has 194 valence electrons. The Bertz CT molecular complexity index is 1190. The van der Waals surface area contributed by atoms with E-state index in [1.807, 2.05) is 60.7 Å². The number of carbonyl (C=O) groups excluding carboxylic acids is 3. The molecule has 0 bridgehead atoms. The lowest BCUT2D eigenvalue weighted by Gasteiger charge is -2.49. The second-order valence-corrected chi connectivity index (χ2v) is 11.3. The van der Waals surface area contributed by atoms with Gasteiger partial charge in [-0.2, -0.15) is 0 Å². The van der Waals surface area contributed by atoms with E-state index in [1.54, 1.807) is 20.8 Å². The molecule has 0 saturated carbocycles. The fourth-order valence-electron chi connectivity index (χ4n) is 4.18. The normalized spacial score (nSPS) is 21.5. The molecule has 3 atom stereocenters. The molecule has 37 heavy (non-hydrogen) atoms. The number of allylic oxidation sites excluding steroid dienone is 1. The van der Waals surface area contributed by atoms with Crippen LogP contribution >= 0.6 is 11.6 Å². The molecule has 1 fully saturated rings. The van der Waals surface area contributed by atoms with Crippen LogP contribution < -0.4 is 5.32 Å². The first-order valence-electron chi connectivity index (χ1n) is 11.6. The van der Waals surface area contributed by atoms with Gasteiger partial charge in [-0.1, -0.05) is 72.3 Å². The first-order valence-corrected chi connectivity index (χ1v) is 13.4. The quantitative estimate of drug-likeness (QED) is 0.334. The third kappa shape index (κ3) is 5.84. The van der Waals surface area contributed by atoms with Gasteiger partial charge in [0.1, 0.15) is 17.1 Å². The molecule has 2 amide bonds. The predicted octanol–water partition coefficient (Wildman–Crippen LogP) is 4.15. The van der Waals surface area contributed by atoms with Crippen molar-refractivity contribution in [1.29, 1.82) is 0 Å². The van der Waals surface area contributed by atoms with Crippen LogP contribution in [0.1, 0.15) is 38.0 Å². The molecule has 2 aliphatic rings. The van der Waals surface area contributed by atoms with Crippen LogP contribution in [0.3, 0.4) is 0 Å². The molecule has 2 heterocycles. The topological polar surface area (TPSA) is 108 Å².